The van der Waals surface area contributed by atoms with Crippen LogP contribution in [-0.4, -0.2) is 20.2 Å². The van der Waals surface area contributed by atoms with Crippen molar-refractivity contribution >= 4 is 22.8 Å². The Hall–Kier alpha value is -2.88. The van der Waals surface area contributed by atoms with E-state index in [2.05, 4.69) is 46.2 Å². The highest BCUT2D eigenvalue weighted by molar-refractivity contribution is 5.87. The molecule has 3 heterocycles. The molecule has 1 fully saturated rings. The number of carbonyl (C=O) groups excluding carboxylic acids is 1. The first kappa shape index (κ1) is 14.5. The van der Waals surface area contributed by atoms with Crippen molar-refractivity contribution in [2.75, 3.05) is 0 Å². The van der Waals surface area contributed by atoms with Crippen molar-refractivity contribution in [2.45, 2.75) is 26.3 Å². The molecule has 4 aromatic rings. The first-order valence-electron chi connectivity index (χ1n) is 8.77. The molecular formula is C21H19N3O. The van der Waals surface area contributed by atoms with E-state index in [-0.39, 0.29) is 0 Å². The quantitative estimate of drug-likeness (QED) is 0.518. The van der Waals surface area contributed by atoms with Crippen molar-refractivity contribution in [3.63, 3.8) is 0 Å². The summed E-state index contributed by atoms with van der Waals surface area (Å²) in [5, 5.41) is 1.25. The summed E-state index contributed by atoms with van der Waals surface area (Å²) in [5.41, 5.74) is 6.02. The molecule has 0 radical (unpaired) electrons. The molecule has 1 aliphatic rings. The lowest BCUT2D eigenvalue weighted by molar-refractivity contribution is 0.112. The Balaban J connectivity index is 1.76. The van der Waals surface area contributed by atoms with E-state index in [9.17, 15) is 4.79 Å². The second-order valence-electron chi connectivity index (χ2n) is 6.99. The first-order chi connectivity index (χ1) is 12.2. The molecule has 25 heavy (non-hydrogen) atoms. The summed E-state index contributed by atoms with van der Waals surface area (Å²) in [7, 11) is 0. The van der Waals surface area contributed by atoms with Crippen LogP contribution in [0.1, 0.15) is 28.9 Å². The molecule has 0 spiro atoms. The Morgan fingerprint density at radius 2 is 2.04 bits per heavy atom. The fraction of sp³-hybridized carbons (Fsp3) is 0.238. The van der Waals surface area contributed by atoms with Crippen LogP contribution in [0, 0.1) is 12.8 Å². The van der Waals surface area contributed by atoms with Gasteiger partial charge in [-0.3, -0.25) is 4.79 Å². The summed E-state index contributed by atoms with van der Waals surface area (Å²) >= 11 is 0. The Bertz CT molecular complexity index is 1120. The van der Waals surface area contributed by atoms with Gasteiger partial charge in [-0.2, -0.15) is 0 Å². The zero-order valence-electron chi connectivity index (χ0n) is 14.1. The predicted octanol–water partition coefficient (Wildman–Crippen LogP) is 4.49. The van der Waals surface area contributed by atoms with Gasteiger partial charge >= 0.3 is 0 Å². The number of carbonyl (C=O) groups is 1. The second kappa shape index (κ2) is 5.31. The lowest BCUT2D eigenvalue weighted by Crippen LogP contribution is -2.02. The first-order valence-corrected chi connectivity index (χ1v) is 8.77. The SMILES string of the molecule is Cc1c(-c2cc3ccccc3n2CC2CC2)nc2cc(C=O)ccn12. The third kappa shape index (κ3) is 2.29. The third-order valence-corrected chi connectivity index (χ3v) is 5.22. The van der Waals surface area contributed by atoms with Crippen LogP contribution in [0.15, 0.2) is 48.7 Å². The summed E-state index contributed by atoms with van der Waals surface area (Å²) in [6, 6.07) is 14.5. The predicted molar refractivity (Wildman–Crippen MR) is 99.0 cm³/mol. The van der Waals surface area contributed by atoms with Crippen LogP contribution in [0.5, 0.6) is 0 Å². The van der Waals surface area contributed by atoms with Crippen LogP contribution in [0.2, 0.25) is 0 Å². The average Bonchev–Trinajstić information content (AvgIpc) is 3.31. The summed E-state index contributed by atoms with van der Waals surface area (Å²) in [6.45, 7) is 3.14. The number of aldehydes is 1. The Kier molecular flexibility index (Phi) is 3.07. The van der Waals surface area contributed by atoms with Crippen LogP contribution < -0.4 is 0 Å². The largest absolute Gasteiger partial charge is 0.339 e. The average molecular weight is 329 g/mol. The number of para-hydroxylation sites is 1. The fourth-order valence-electron chi connectivity index (χ4n) is 3.66. The number of benzene rings is 1. The van der Waals surface area contributed by atoms with E-state index in [0.29, 0.717) is 5.56 Å². The molecule has 0 atom stereocenters. The molecule has 4 nitrogen and oxygen atoms in total. The van der Waals surface area contributed by atoms with Crippen molar-refractivity contribution in [1.82, 2.24) is 14.0 Å². The number of imidazole rings is 1. The zero-order valence-corrected chi connectivity index (χ0v) is 14.1. The van der Waals surface area contributed by atoms with Gasteiger partial charge in [0.1, 0.15) is 17.6 Å². The van der Waals surface area contributed by atoms with Gasteiger partial charge in [0.25, 0.3) is 0 Å². The van der Waals surface area contributed by atoms with E-state index < -0.39 is 0 Å². The number of aryl methyl sites for hydroxylation is 1. The highest BCUT2D eigenvalue weighted by atomic mass is 16.1. The van der Waals surface area contributed by atoms with Gasteiger partial charge in [-0.05, 0) is 49.9 Å². The number of pyridine rings is 1. The monoisotopic (exact) mass is 329 g/mol. The van der Waals surface area contributed by atoms with Crippen LogP contribution in [0.4, 0.5) is 0 Å². The summed E-state index contributed by atoms with van der Waals surface area (Å²) in [6.07, 6.45) is 5.43. The van der Waals surface area contributed by atoms with Gasteiger partial charge in [-0.1, -0.05) is 18.2 Å². The highest BCUT2D eigenvalue weighted by Gasteiger charge is 2.25. The van der Waals surface area contributed by atoms with Crippen molar-refractivity contribution in [3.05, 3.63) is 59.9 Å². The molecule has 3 aromatic heterocycles. The number of fused-ring (bicyclic) bond motifs is 2. The minimum absolute atomic E-state index is 0.655. The molecule has 0 amide bonds. The molecule has 4 heteroatoms. The molecule has 0 bridgehead atoms. The summed E-state index contributed by atoms with van der Waals surface area (Å²) < 4.78 is 4.48. The number of rotatable bonds is 4. The van der Waals surface area contributed by atoms with Crippen LogP contribution in [0.25, 0.3) is 27.9 Å². The van der Waals surface area contributed by atoms with Gasteiger partial charge in [-0.15, -0.1) is 0 Å². The lowest BCUT2D eigenvalue weighted by Gasteiger charge is -2.09. The van der Waals surface area contributed by atoms with Crippen molar-refractivity contribution in [2.24, 2.45) is 5.92 Å². The molecule has 124 valence electrons. The van der Waals surface area contributed by atoms with Crippen LogP contribution in [-0.2, 0) is 6.54 Å². The van der Waals surface area contributed by atoms with Gasteiger partial charge in [0.15, 0.2) is 0 Å². The van der Waals surface area contributed by atoms with E-state index >= 15 is 0 Å². The maximum atomic E-state index is 11.1. The van der Waals surface area contributed by atoms with Crippen molar-refractivity contribution in [1.29, 1.82) is 0 Å². The van der Waals surface area contributed by atoms with Crippen molar-refractivity contribution < 1.29 is 4.79 Å². The molecule has 0 N–H and O–H groups in total. The summed E-state index contributed by atoms with van der Waals surface area (Å²) in [5.74, 6) is 0.786. The van der Waals surface area contributed by atoms with Gasteiger partial charge in [0.2, 0.25) is 0 Å². The van der Waals surface area contributed by atoms with E-state index in [1.807, 2.05) is 18.3 Å². The molecule has 0 aliphatic heterocycles. The van der Waals surface area contributed by atoms with Gasteiger partial charge < -0.3 is 8.97 Å². The molecule has 0 unspecified atom stereocenters. The number of aromatic nitrogens is 3. The molecule has 1 aromatic carbocycles. The Labute approximate surface area is 145 Å². The van der Waals surface area contributed by atoms with Gasteiger partial charge in [0.05, 0.1) is 5.69 Å². The third-order valence-electron chi connectivity index (χ3n) is 5.22. The maximum absolute atomic E-state index is 11.1. The van der Waals surface area contributed by atoms with E-state index in [4.69, 9.17) is 4.98 Å². The molecule has 1 aliphatic carbocycles. The van der Waals surface area contributed by atoms with Gasteiger partial charge in [-0.25, -0.2) is 4.98 Å². The number of hydrogen-bond donors (Lipinski definition) is 0. The summed E-state index contributed by atoms with van der Waals surface area (Å²) in [4.78, 5) is 15.9. The Morgan fingerprint density at radius 1 is 1.20 bits per heavy atom. The topological polar surface area (TPSA) is 39.3 Å². The molecular weight excluding hydrogens is 310 g/mol. The van der Waals surface area contributed by atoms with Gasteiger partial charge in [0, 0.05) is 34.9 Å². The smallest absolute Gasteiger partial charge is 0.150 e. The van der Waals surface area contributed by atoms with Crippen molar-refractivity contribution in [3.8, 4) is 11.4 Å². The van der Waals surface area contributed by atoms with E-state index in [1.165, 1.54) is 29.4 Å². The molecule has 5 rings (SSSR count). The van der Waals surface area contributed by atoms with E-state index in [0.717, 1.165) is 35.8 Å². The zero-order chi connectivity index (χ0) is 17.0. The molecule has 1 saturated carbocycles. The highest BCUT2D eigenvalue weighted by Crippen LogP contribution is 2.36. The lowest BCUT2D eigenvalue weighted by atomic mass is 10.2. The fourth-order valence-corrected chi connectivity index (χ4v) is 3.66. The normalized spacial score (nSPS) is 14.4. The standard InChI is InChI=1S/C21H19N3O/c1-14-21(22-20-10-16(13-25)8-9-23(14)20)19-11-17-4-2-3-5-18(17)24(19)12-15-6-7-15/h2-5,8-11,13,15H,6-7,12H2,1H3. The second-order valence-corrected chi connectivity index (χ2v) is 6.99. The van der Waals surface area contributed by atoms with Crippen LogP contribution >= 0.6 is 0 Å². The number of nitrogens with zero attached hydrogens (tertiary/aromatic N) is 3. The Morgan fingerprint density at radius 3 is 2.84 bits per heavy atom. The minimum Gasteiger partial charge on any atom is -0.339 e. The maximum Gasteiger partial charge on any atom is 0.150 e. The minimum atomic E-state index is 0.655. The molecule has 0 saturated heterocycles. The van der Waals surface area contributed by atoms with Crippen LogP contribution in [0.3, 0.4) is 0 Å². The van der Waals surface area contributed by atoms with E-state index in [1.54, 1.807) is 0 Å². The number of hydrogen-bond acceptors (Lipinski definition) is 2.